The molecule has 3 rings (SSSR count). The van der Waals surface area contributed by atoms with Gasteiger partial charge in [-0.1, -0.05) is 48.5 Å². The first-order chi connectivity index (χ1) is 10.8. The highest BCUT2D eigenvalue weighted by Gasteiger charge is 2.19. The summed E-state index contributed by atoms with van der Waals surface area (Å²) in [6.45, 7) is 0. The van der Waals surface area contributed by atoms with E-state index in [1.165, 1.54) is 6.20 Å². The van der Waals surface area contributed by atoms with Crippen molar-refractivity contribution in [1.29, 1.82) is 0 Å². The van der Waals surface area contributed by atoms with Gasteiger partial charge in [0, 0.05) is 0 Å². The molecule has 5 nitrogen and oxygen atoms in total. The number of carbonyl (C=O) groups is 1. The minimum Gasteiger partial charge on any atom is -0.241 e. The normalized spacial score (nSPS) is 10.2. The summed E-state index contributed by atoms with van der Waals surface area (Å²) >= 11 is 1.09. The first kappa shape index (κ1) is 14.1. The van der Waals surface area contributed by atoms with Crippen LogP contribution in [0.15, 0.2) is 66.0 Å². The fraction of sp³-hybridized carbons (Fsp3) is 0. The Kier molecular flexibility index (Phi) is 4.02. The lowest BCUT2D eigenvalue weighted by Crippen LogP contribution is -2.17. The molecule has 2 N–H and O–H groups in total. The summed E-state index contributed by atoms with van der Waals surface area (Å²) in [6, 6.07) is 17.1. The Balaban J connectivity index is 1.91. The topological polar surface area (TPSA) is 72.7 Å². The predicted molar refractivity (Wildman–Crippen MR) is 86.2 cm³/mol. The standard InChI is InChI=1S/C16H11N3O2S/c20-15(18-16-17-10-14(19-21)22-16)13-9-5-4-8-12(13)11-6-2-1-3-7-11/h1-10H,(H,17,18,20)/p+1. The first-order valence-electron chi connectivity index (χ1n) is 6.58. The van der Waals surface area contributed by atoms with Crippen LogP contribution in [-0.2, 0) is 0 Å². The summed E-state index contributed by atoms with van der Waals surface area (Å²) in [7, 11) is 0. The van der Waals surface area contributed by atoms with E-state index in [0.29, 0.717) is 10.7 Å². The number of nitrogens with one attached hydrogen (secondary N) is 2. The van der Waals surface area contributed by atoms with Crippen LogP contribution in [0.5, 0.6) is 0 Å². The second kappa shape index (κ2) is 6.28. The highest BCUT2D eigenvalue weighted by atomic mass is 32.1. The van der Waals surface area contributed by atoms with Gasteiger partial charge in [-0.2, -0.15) is 5.32 Å². The zero-order valence-electron chi connectivity index (χ0n) is 11.4. The van der Waals surface area contributed by atoms with Crippen molar-refractivity contribution < 1.29 is 9.78 Å². The third kappa shape index (κ3) is 2.91. The van der Waals surface area contributed by atoms with Crippen LogP contribution >= 0.6 is 11.3 Å². The summed E-state index contributed by atoms with van der Waals surface area (Å²) in [5.41, 5.74) is 2.39. The van der Waals surface area contributed by atoms with Gasteiger partial charge in [-0.25, -0.2) is 9.78 Å². The monoisotopic (exact) mass is 310 g/mol. The molecule has 3 aromatic rings. The van der Waals surface area contributed by atoms with Crippen LogP contribution in [0.1, 0.15) is 10.4 Å². The molecule has 22 heavy (non-hydrogen) atoms. The number of hydrogen-bond acceptors (Lipinski definition) is 4. The van der Waals surface area contributed by atoms with Gasteiger partial charge in [-0.3, -0.25) is 0 Å². The molecule has 6 heteroatoms. The Hall–Kier alpha value is -2.86. The second-order valence-corrected chi connectivity index (χ2v) is 5.55. The molecule has 0 fully saturated rings. The number of H-pyrrole nitrogens is 1. The summed E-state index contributed by atoms with van der Waals surface area (Å²) in [6.07, 6.45) is 1.45. The van der Waals surface area contributed by atoms with Crippen LogP contribution in [0.25, 0.3) is 11.1 Å². The predicted octanol–water partition coefficient (Wildman–Crippen LogP) is 3.88. The molecule has 0 aliphatic carbocycles. The van der Waals surface area contributed by atoms with Crippen molar-refractivity contribution in [2.24, 2.45) is 5.18 Å². The van der Waals surface area contributed by atoms with E-state index in [4.69, 9.17) is 0 Å². The molecular weight excluding hydrogens is 298 g/mol. The van der Waals surface area contributed by atoms with Gasteiger partial charge in [0.15, 0.2) is 0 Å². The van der Waals surface area contributed by atoms with Crippen LogP contribution in [-0.4, -0.2) is 5.91 Å². The molecule has 0 bridgehead atoms. The Morgan fingerprint density at radius 3 is 2.50 bits per heavy atom. The van der Waals surface area contributed by atoms with E-state index in [0.717, 1.165) is 22.5 Å². The first-order valence-corrected chi connectivity index (χ1v) is 7.40. The Morgan fingerprint density at radius 1 is 1.05 bits per heavy atom. The van der Waals surface area contributed by atoms with Gasteiger partial charge in [-0.05, 0) is 33.7 Å². The molecule has 0 spiro atoms. The highest BCUT2D eigenvalue weighted by Crippen LogP contribution is 2.26. The largest absolute Gasteiger partial charge is 0.341 e. The van der Waals surface area contributed by atoms with Gasteiger partial charge >= 0.3 is 11.0 Å². The number of nitroso groups, excluding NO2 is 1. The fourth-order valence-corrected chi connectivity index (χ4v) is 2.74. The minimum absolute atomic E-state index is 0.241. The number of amides is 1. The molecule has 0 aliphatic heterocycles. The quantitative estimate of drug-likeness (QED) is 0.743. The van der Waals surface area contributed by atoms with Crippen LogP contribution in [0.3, 0.4) is 0 Å². The summed E-state index contributed by atoms with van der Waals surface area (Å²) in [5, 5.41) is 6.33. The van der Waals surface area contributed by atoms with Gasteiger partial charge in [0.05, 0.1) is 5.56 Å². The van der Waals surface area contributed by atoms with Crippen molar-refractivity contribution in [2.45, 2.75) is 0 Å². The molecular formula is C16H12N3O2S+. The number of benzene rings is 2. The molecule has 2 aromatic carbocycles. The van der Waals surface area contributed by atoms with Crippen molar-refractivity contribution in [3.63, 3.8) is 0 Å². The Bertz CT molecular complexity index is 815. The van der Waals surface area contributed by atoms with E-state index in [1.54, 1.807) is 6.07 Å². The molecule has 0 aliphatic rings. The van der Waals surface area contributed by atoms with Crippen molar-refractivity contribution in [3.05, 3.63) is 71.3 Å². The highest BCUT2D eigenvalue weighted by molar-refractivity contribution is 7.18. The SMILES string of the molecule is O=Nc1c[nH+]c(NC(=O)c2ccccc2-c2ccccc2)s1. The molecule has 0 radical (unpaired) electrons. The van der Waals surface area contributed by atoms with Crippen LogP contribution < -0.4 is 10.3 Å². The number of hydrogen-bond donors (Lipinski definition) is 1. The maximum atomic E-state index is 12.5. The van der Waals surface area contributed by atoms with Gasteiger partial charge in [0.1, 0.15) is 6.20 Å². The average molecular weight is 310 g/mol. The van der Waals surface area contributed by atoms with E-state index in [-0.39, 0.29) is 10.9 Å². The maximum absolute atomic E-state index is 12.5. The van der Waals surface area contributed by atoms with E-state index >= 15 is 0 Å². The smallest absolute Gasteiger partial charge is 0.241 e. The van der Waals surface area contributed by atoms with Crippen LogP contribution in [0.2, 0.25) is 0 Å². The molecule has 1 amide bonds. The third-order valence-corrected chi connectivity index (χ3v) is 3.93. The Morgan fingerprint density at radius 2 is 1.77 bits per heavy atom. The van der Waals surface area contributed by atoms with Crippen molar-refractivity contribution in [2.75, 3.05) is 5.32 Å². The van der Waals surface area contributed by atoms with E-state index in [9.17, 15) is 9.70 Å². The molecule has 0 atom stereocenters. The number of anilines is 1. The number of thiazole rings is 1. The zero-order chi connectivity index (χ0) is 15.4. The fourth-order valence-electron chi connectivity index (χ4n) is 2.12. The summed E-state index contributed by atoms with van der Waals surface area (Å²) in [5.74, 6) is -0.241. The van der Waals surface area contributed by atoms with Gasteiger partial charge in [0.2, 0.25) is 5.00 Å². The molecule has 108 valence electrons. The van der Waals surface area contributed by atoms with E-state index in [2.05, 4.69) is 15.5 Å². The lowest BCUT2D eigenvalue weighted by Gasteiger charge is -2.06. The summed E-state index contributed by atoms with van der Waals surface area (Å²) < 4.78 is 0. The van der Waals surface area contributed by atoms with Crippen molar-refractivity contribution in [1.82, 2.24) is 0 Å². The van der Waals surface area contributed by atoms with E-state index < -0.39 is 0 Å². The van der Waals surface area contributed by atoms with Crippen molar-refractivity contribution in [3.8, 4) is 11.1 Å². The molecule has 1 heterocycles. The number of aromatic amines is 1. The Labute approximate surface area is 130 Å². The van der Waals surface area contributed by atoms with Crippen molar-refractivity contribution >= 4 is 27.4 Å². The number of aromatic nitrogens is 1. The number of carbonyl (C=O) groups excluding carboxylic acids is 1. The zero-order valence-corrected chi connectivity index (χ0v) is 12.3. The maximum Gasteiger partial charge on any atom is 0.341 e. The van der Waals surface area contributed by atoms with Gasteiger partial charge < -0.3 is 0 Å². The lowest BCUT2D eigenvalue weighted by molar-refractivity contribution is -0.353. The van der Waals surface area contributed by atoms with Gasteiger partial charge in [-0.15, -0.1) is 4.91 Å². The molecule has 1 aromatic heterocycles. The number of rotatable bonds is 4. The van der Waals surface area contributed by atoms with Crippen LogP contribution in [0.4, 0.5) is 10.1 Å². The van der Waals surface area contributed by atoms with E-state index in [1.807, 2.05) is 48.5 Å². The molecule has 0 unspecified atom stereocenters. The molecule has 0 saturated carbocycles. The molecule has 0 saturated heterocycles. The summed E-state index contributed by atoms with van der Waals surface area (Å²) in [4.78, 5) is 25.7. The third-order valence-electron chi connectivity index (χ3n) is 3.11. The lowest BCUT2D eigenvalue weighted by atomic mass is 9.99. The minimum atomic E-state index is -0.241. The van der Waals surface area contributed by atoms with Gasteiger partial charge in [0.25, 0.3) is 0 Å². The average Bonchev–Trinajstić information content (AvgIpc) is 3.03. The second-order valence-electron chi connectivity index (χ2n) is 4.52. The number of nitrogens with zero attached hydrogens (tertiary/aromatic N) is 1. The van der Waals surface area contributed by atoms with Crippen LogP contribution in [0, 0.1) is 4.91 Å².